The fourth-order valence-corrected chi connectivity index (χ4v) is 2.61. The molecule has 2 unspecified atom stereocenters. The van der Waals surface area contributed by atoms with E-state index in [4.69, 9.17) is 0 Å². The molecule has 0 spiro atoms. The van der Waals surface area contributed by atoms with Gasteiger partial charge in [0, 0.05) is 12.6 Å². The lowest BCUT2D eigenvalue weighted by atomic mass is 9.86. The van der Waals surface area contributed by atoms with E-state index in [1.807, 2.05) is 13.0 Å². The van der Waals surface area contributed by atoms with E-state index in [0.717, 1.165) is 18.7 Å². The van der Waals surface area contributed by atoms with E-state index >= 15 is 0 Å². The number of carbonyl (C=O) groups excluding carboxylic acids is 1. The highest BCUT2D eigenvalue weighted by Crippen LogP contribution is 2.23. The highest BCUT2D eigenvalue weighted by Gasteiger charge is 2.23. The number of nitrogens with zero attached hydrogens (tertiary/aromatic N) is 1. The van der Waals surface area contributed by atoms with Gasteiger partial charge in [-0.05, 0) is 37.8 Å². The lowest BCUT2D eigenvalue weighted by molar-refractivity contribution is 0.0905. The smallest absolute Gasteiger partial charge is 0.270 e. The monoisotopic (exact) mass is 261 g/mol. The third kappa shape index (κ3) is 3.69. The average molecular weight is 261 g/mol. The Bertz CT molecular complexity index is 416. The Hall–Kier alpha value is -1.58. The first-order chi connectivity index (χ1) is 9.20. The minimum absolute atomic E-state index is 0.0539. The van der Waals surface area contributed by atoms with Crippen LogP contribution in [0.1, 0.15) is 50.0 Å². The number of hydrogen-bond donors (Lipinski definition) is 2. The number of rotatable bonds is 4. The molecule has 19 heavy (non-hydrogen) atoms. The molecule has 0 aromatic carbocycles. The van der Waals surface area contributed by atoms with E-state index in [-0.39, 0.29) is 5.91 Å². The van der Waals surface area contributed by atoms with Crippen LogP contribution in [-0.4, -0.2) is 23.5 Å². The molecule has 1 saturated carbocycles. The Labute approximate surface area is 115 Å². The first-order valence-electron chi connectivity index (χ1n) is 7.21. The molecule has 104 valence electrons. The summed E-state index contributed by atoms with van der Waals surface area (Å²) in [6.45, 7) is 5.10. The van der Waals surface area contributed by atoms with E-state index in [9.17, 15) is 4.79 Å². The molecule has 0 aliphatic heterocycles. The van der Waals surface area contributed by atoms with Crippen LogP contribution in [-0.2, 0) is 0 Å². The summed E-state index contributed by atoms with van der Waals surface area (Å²) in [4.78, 5) is 16.3. The molecule has 2 rings (SSSR count). The van der Waals surface area contributed by atoms with Crippen molar-refractivity contribution < 1.29 is 4.79 Å². The van der Waals surface area contributed by atoms with Crippen molar-refractivity contribution in [1.82, 2.24) is 10.3 Å². The van der Waals surface area contributed by atoms with Gasteiger partial charge in [0.1, 0.15) is 5.69 Å². The second-order valence-electron chi connectivity index (χ2n) is 5.30. The summed E-state index contributed by atoms with van der Waals surface area (Å²) >= 11 is 0. The quantitative estimate of drug-likeness (QED) is 0.876. The molecule has 0 saturated heterocycles. The predicted molar refractivity (Wildman–Crippen MR) is 77.3 cm³/mol. The maximum Gasteiger partial charge on any atom is 0.270 e. The molecule has 1 aromatic rings. The van der Waals surface area contributed by atoms with E-state index in [0.29, 0.717) is 17.7 Å². The van der Waals surface area contributed by atoms with Gasteiger partial charge in [-0.2, -0.15) is 0 Å². The third-order valence-electron chi connectivity index (χ3n) is 3.80. The summed E-state index contributed by atoms with van der Waals surface area (Å²) in [5.41, 5.74) is 1.45. The van der Waals surface area contributed by atoms with Crippen LogP contribution >= 0.6 is 0 Å². The molecule has 2 atom stereocenters. The second kappa shape index (κ2) is 6.55. The topological polar surface area (TPSA) is 54.0 Å². The molecular formula is C15H23N3O. The van der Waals surface area contributed by atoms with Gasteiger partial charge in [-0.15, -0.1) is 0 Å². The third-order valence-corrected chi connectivity index (χ3v) is 3.80. The number of pyridine rings is 1. The largest absolute Gasteiger partial charge is 0.384 e. The van der Waals surface area contributed by atoms with Crippen LogP contribution in [0.5, 0.6) is 0 Å². The van der Waals surface area contributed by atoms with Crippen molar-refractivity contribution in [3.05, 3.63) is 24.0 Å². The molecule has 1 aliphatic carbocycles. The van der Waals surface area contributed by atoms with Crippen LogP contribution in [0.3, 0.4) is 0 Å². The zero-order valence-electron chi connectivity index (χ0n) is 11.8. The number of hydrogen-bond acceptors (Lipinski definition) is 3. The maximum atomic E-state index is 12.1. The Kier molecular flexibility index (Phi) is 4.77. The van der Waals surface area contributed by atoms with Gasteiger partial charge in [0.25, 0.3) is 5.91 Å². The molecular weight excluding hydrogens is 238 g/mol. The van der Waals surface area contributed by atoms with Crippen molar-refractivity contribution in [3.63, 3.8) is 0 Å². The Morgan fingerprint density at radius 2 is 2.16 bits per heavy atom. The standard InChI is InChI=1S/C15H23N3O/c1-3-16-12-8-9-14(17-10-12)15(19)18-13-7-5-4-6-11(13)2/h8-11,13,16H,3-7H2,1-2H3,(H,18,19). The lowest BCUT2D eigenvalue weighted by Gasteiger charge is -2.29. The van der Waals surface area contributed by atoms with Crippen LogP contribution in [0, 0.1) is 5.92 Å². The number of carbonyl (C=O) groups is 1. The molecule has 4 heteroatoms. The molecule has 1 aromatic heterocycles. The average Bonchev–Trinajstić information content (AvgIpc) is 2.42. The molecule has 0 bridgehead atoms. The minimum atomic E-state index is -0.0539. The second-order valence-corrected chi connectivity index (χ2v) is 5.30. The zero-order valence-corrected chi connectivity index (χ0v) is 11.8. The molecule has 1 aliphatic rings. The first-order valence-corrected chi connectivity index (χ1v) is 7.21. The lowest BCUT2D eigenvalue weighted by Crippen LogP contribution is -2.41. The van der Waals surface area contributed by atoms with Gasteiger partial charge in [-0.1, -0.05) is 19.8 Å². The summed E-state index contributed by atoms with van der Waals surface area (Å²) in [6, 6.07) is 3.98. The van der Waals surface area contributed by atoms with Crippen LogP contribution < -0.4 is 10.6 Å². The van der Waals surface area contributed by atoms with Crippen molar-refractivity contribution in [1.29, 1.82) is 0 Å². The number of nitrogens with one attached hydrogen (secondary N) is 2. The van der Waals surface area contributed by atoms with E-state index in [1.54, 1.807) is 12.3 Å². The Balaban J connectivity index is 1.95. The van der Waals surface area contributed by atoms with Crippen molar-refractivity contribution >= 4 is 11.6 Å². The van der Waals surface area contributed by atoms with Gasteiger partial charge in [-0.3, -0.25) is 4.79 Å². The van der Waals surface area contributed by atoms with Crippen molar-refractivity contribution in [2.75, 3.05) is 11.9 Å². The van der Waals surface area contributed by atoms with Gasteiger partial charge in [0.15, 0.2) is 0 Å². The predicted octanol–water partition coefficient (Wildman–Crippen LogP) is 2.82. The molecule has 1 amide bonds. The zero-order chi connectivity index (χ0) is 13.7. The van der Waals surface area contributed by atoms with Gasteiger partial charge in [0.2, 0.25) is 0 Å². The molecule has 1 heterocycles. The number of anilines is 1. The van der Waals surface area contributed by atoms with Crippen molar-refractivity contribution in [3.8, 4) is 0 Å². The molecule has 4 nitrogen and oxygen atoms in total. The van der Waals surface area contributed by atoms with Gasteiger partial charge >= 0.3 is 0 Å². The maximum absolute atomic E-state index is 12.1. The van der Waals surface area contributed by atoms with E-state index in [2.05, 4.69) is 22.5 Å². The fraction of sp³-hybridized carbons (Fsp3) is 0.600. The summed E-state index contributed by atoms with van der Waals surface area (Å²) in [6.07, 6.45) is 6.49. The fourth-order valence-electron chi connectivity index (χ4n) is 2.61. The Morgan fingerprint density at radius 3 is 2.79 bits per heavy atom. The summed E-state index contributed by atoms with van der Waals surface area (Å²) in [5, 5.41) is 6.28. The van der Waals surface area contributed by atoms with Crippen molar-refractivity contribution in [2.45, 2.75) is 45.6 Å². The van der Waals surface area contributed by atoms with Crippen LogP contribution in [0.15, 0.2) is 18.3 Å². The van der Waals surface area contributed by atoms with Crippen LogP contribution in [0.25, 0.3) is 0 Å². The van der Waals surface area contributed by atoms with Crippen molar-refractivity contribution in [2.24, 2.45) is 5.92 Å². The van der Waals surface area contributed by atoms with Crippen LogP contribution in [0.4, 0.5) is 5.69 Å². The number of aromatic nitrogens is 1. The SMILES string of the molecule is CCNc1ccc(C(=O)NC2CCCCC2C)nc1. The summed E-state index contributed by atoms with van der Waals surface area (Å²) in [5.74, 6) is 0.514. The summed E-state index contributed by atoms with van der Waals surface area (Å²) < 4.78 is 0. The molecule has 1 fully saturated rings. The molecule has 0 radical (unpaired) electrons. The van der Waals surface area contributed by atoms with Gasteiger partial charge in [-0.25, -0.2) is 4.98 Å². The minimum Gasteiger partial charge on any atom is -0.384 e. The van der Waals surface area contributed by atoms with Gasteiger partial charge in [0.05, 0.1) is 11.9 Å². The first kappa shape index (κ1) is 13.8. The van der Waals surface area contributed by atoms with E-state index < -0.39 is 0 Å². The Morgan fingerprint density at radius 1 is 1.37 bits per heavy atom. The highest BCUT2D eigenvalue weighted by atomic mass is 16.1. The van der Waals surface area contributed by atoms with Gasteiger partial charge < -0.3 is 10.6 Å². The number of amides is 1. The summed E-state index contributed by atoms with van der Waals surface area (Å²) in [7, 11) is 0. The van der Waals surface area contributed by atoms with Crippen LogP contribution in [0.2, 0.25) is 0 Å². The molecule has 2 N–H and O–H groups in total. The van der Waals surface area contributed by atoms with E-state index in [1.165, 1.54) is 19.3 Å². The highest BCUT2D eigenvalue weighted by molar-refractivity contribution is 5.92. The normalized spacial score (nSPS) is 22.8.